The van der Waals surface area contributed by atoms with Gasteiger partial charge < -0.3 is 10.4 Å². The fourth-order valence-corrected chi connectivity index (χ4v) is 1.98. The van der Waals surface area contributed by atoms with Crippen LogP contribution in [0.25, 0.3) is 0 Å². The minimum atomic E-state index is 0.0703. The zero-order valence-electron chi connectivity index (χ0n) is 10.6. The molecule has 90 valence electrons. The van der Waals surface area contributed by atoms with Gasteiger partial charge in [0.2, 0.25) is 0 Å². The molecule has 0 heterocycles. The zero-order valence-corrected chi connectivity index (χ0v) is 10.6. The number of nitrogens with one attached hydrogen (secondary N) is 1. The summed E-state index contributed by atoms with van der Waals surface area (Å²) in [6.07, 6.45) is 6.39. The molecule has 0 aromatic carbocycles. The second-order valence-corrected chi connectivity index (χ2v) is 5.44. The first kappa shape index (κ1) is 13.0. The van der Waals surface area contributed by atoms with Gasteiger partial charge in [-0.05, 0) is 31.6 Å². The first-order valence-corrected chi connectivity index (χ1v) is 6.49. The highest BCUT2D eigenvalue weighted by Gasteiger charge is 2.31. The summed E-state index contributed by atoms with van der Waals surface area (Å²) in [5.74, 6) is 0.921. The Hall–Kier alpha value is -0.0800. The third-order valence-corrected chi connectivity index (χ3v) is 3.82. The van der Waals surface area contributed by atoms with Crippen LogP contribution in [-0.2, 0) is 0 Å². The van der Waals surface area contributed by atoms with E-state index < -0.39 is 0 Å². The second-order valence-electron chi connectivity index (χ2n) is 5.44. The highest BCUT2D eigenvalue weighted by atomic mass is 16.3. The van der Waals surface area contributed by atoms with Crippen molar-refractivity contribution in [1.29, 1.82) is 0 Å². The van der Waals surface area contributed by atoms with Crippen molar-refractivity contribution in [3.8, 4) is 0 Å². The van der Waals surface area contributed by atoms with Crippen molar-refractivity contribution in [3.05, 3.63) is 0 Å². The topological polar surface area (TPSA) is 32.3 Å². The zero-order chi connectivity index (χ0) is 11.3. The van der Waals surface area contributed by atoms with Crippen LogP contribution in [0.3, 0.4) is 0 Å². The first-order chi connectivity index (χ1) is 7.15. The van der Waals surface area contributed by atoms with Gasteiger partial charge in [-0.3, -0.25) is 0 Å². The van der Waals surface area contributed by atoms with Gasteiger partial charge in [0.1, 0.15) is 0 Å². The van der Waals surface area contributed by atoms with E-state index in [2.05, 4.69) is 26.1 Å². The van der Waals surface area contributed by atoms with Gasteiger partial charge >= 0.3 is 0 Å². The fraction of sp³-hybridized carbons (Fsp3) is 1.00. The van der Waals surface area contributed by atoms with E-state index in [1.165, 1.54) is 25.7 Å². The van der Waals surface area contributed by atoms with Crippen molar-refractivity contribution in [2.24, 2.45) is 11.3 Å². The van der Waals surface area contributed by atoms with Gasteiger partial charge in [-0.15, -0.1) is 0 Å². The Morgan fingerprint density at radius 2 is 2.07 bits per heavy atom. The van der Waals surface area contributed by atoms with E-state index in [0.29, 0.717) is 12.6 Å². The van der Waals surface area contributed by atoms with E-state index in [1.807, 2.05) is 0 Å². The summed E-state index contributed by atoms with van der Waals surface area (Å²) in [6.45, 7) is 7.82. The maximum Gasteiger partial charge on any atom is 0.0496 e. The summed E-state index contributed by atoms with van der Waals surface area (Å²) >= 11 is 0. The van der Waals surface area contributed by atoms with Crippen LogP contribution >= 0.6 is 0 Å². The van der Waals surface area contributed by atoms with E-state index in [-0.39, 0.29) is 5.41 Å². The molecule has 0 aromatic rings. The molecule has 1 saturated carbocycles. The molecule has 2 atom stereocenters. The quantitative estimate of drug-likeness (QED) is 0.649. The van der Waals surface area contributed by atoms with Crippen molar-refractivity contribution in [2.45, 2.75) is 58.9 Å². The molecule has 1 aliphatic rings. The van der Waals surface area contributed by atoms with Gasteiger partial charge in [0.15, 0.2) is 0 Å². The molecule has 0 spiro atoms. The molecule has 0 radical (unpaired) electrons. The van der Waals surface area contributed by atoms with Crippen molar-refractivity contribution < 1.29 is 5.11 Å². The normalized spacial score (nSPS) is 22.4. The molecule has 0 amide bonds. The van der Waals surface area contributed by atoms with Crippen LogP contribution in [0.4, 0.5) is 0 Å². The third kappa shape index (κ3) is 4.12. The molecule has 0 bridgehead atoms. The van der Waals surface area contributed by atoms with Crippen molar-refractivity contribution in [2.75, 3.05) is 13.2 Å². The van der Waals surface area contributed by atoms with E-state index >= 15 is 0 Å². The van der Waals surface area contributed by atoms with Crippen molar-refractivity contribution >= 4 is 0 Å². The van der Waals surface area contributed by atoms with Gasteiger partial charge in [-0.2, -0.15) is 0 Å². The molecular weight excluding hydrogens is 186 g/mol. The van der Waals surface area contributed by atoms with Gasteiger partial charge in [0.05, 0.1) is 0 Å². The number of aliphatic hydroxyl groups excluding tert-OH is 1. The van der Waals surface area contributed by atoms with Crippen LogP contribution in [-0.4, -0.2) is 24.3 Å². The number of aliphatic hydroxyl groups is 1. The summed E-state index contributed by atoms with van der Waals surface area (Å²) in [6, 6.07) is 0.701. The molecule has 15 heavy (non-hydrogen) atoms. The summed E-state index contributed by atoms with van der Waals surface area (Å²) in [5, 5.41) is 13.0. The predicted molar refractivity (Wildman–Crippen MR) is 64.9 cm³/mol. The van der Waals surface area contributed by atoms with Crippen molar-refractivity contribution in [3.63, 3.8) is 0 Å². The van der Waals surface area contributed by atoms with Crippen LogP contribution < -0.4 is 5.32 Å². The molecule has 2 N–H and O–H groups in total. The van der Waals surface area contributed by atoms with Gasteiger partial charge in [0, 0.05) is 24.6 Å². The minimum Gasteiger partial charge on any atom is -0.396 e. The monoisotopic (exact) mass is 213 g/mol. The molecule has 2 unspecified atom stereocenters. The molecular formula is C13H27NO. The standard InChI is InChI=1S/C13H27NO/c1-4-6-12(11-7-8-11)14-9-13(3,5-2)10-15/h11-12,14-15H,4-10H2,1-3H3. The first-order valence-electron chi connectivity index (χ1n) is 6.49. The largest absolute Gasteiger partial charge is 0.396 e. The van der Waals surface area contributed by atoms with Crippen LogP contribution in [0, 0.1) is 11.3 Å². The van der Waals surface area contributed by atoms with E-state index in [1.54, 1.807) is 0 Å². The van der Waals surface area contributed by atoms with Crippen molar-refractivity contribution in [1.82, 2.24) is 5.32 Å². The smallest absolute Gasteiger partial charge is 0.0496 e. The highest BCUT2D eigenvalue weighted by Crippen LogP contribution is 2.35. The van der Waals surface area contributed by atoms with Gasteiger partial charge in [-0.25, -0.2) is 0 Å². The number of hydrogen-bond acceptors (Lipinski definition) is 2. The Bertz CT molecular complexity index is 173. The maximum absolute atomic E-state index is 9.34. The Morgan fingerprint density at radius 3 is 2.47 bits per heavy atom. The Kier molecular flexibility index (Phi) is 5.07. The van der Waals surface area contributed by atoms with E-state index in [0.717, 1.165) is 18.9 Å². The van der Waals surface area contributed by atoms with Gasteiger partial charge in [0.25, 0.3) is 0 Å². The van der Waals surface area contributed by atoms with Gasteiger partial charge in [-0.1, -0.05) is 27.2 Å². The third-order valence-electron chi connectivity index (χ3n) is 3.82. The summed E-state index contributed by atoms with van der Waals surface area (Å²) in [5.41, 5.74) is 0.0703. The molecule has 2 nitrogen and oxygen atoms in total. The molecule has 2 heteroatoms. The lowest BCUT2D eigenvalue weighted by molar-refractivity contribution is 0.129. The molecule has 0 saturated heterocycles. The van der Waals surface area contributed by atoms with Crippen LogP contribution in [0.15, 0.2) is 0 Å². The molecule has 0 aromatic heterocycles. The average Bonchev–Trinajstić information content (AvgIpc) is 3.07. The van der Waals surface area contributed by atoms with Crippen LogP contribution in [0.1, 0.15) is 52.9 Å². The van der Waals surface area contributed by atoms with Crippen LogP contribution in [0.5, 0.6) is 0 Å². The number of rotatable bonds is 8. The molecule has 1 fully saturated rings. The molecule has 1 rings (SSSR count). The summed E-state index contributed by atoms with van der Waals surface area (Å²) in [7, 11) is 0. The Balaban J connectivity index is 2.31. The molecule has 0 aliphatic heterocycles. The summed E-state index contributed by atoms with van der Waals surface area (Å²) in [4.78, 5) is 0. The maximum atomic E-state index is 9.34. The lowest BCUT2D eigenvalue weighted by Crippen LogP contribution is -2.41. The van der Waals surface area contributed by atoms with Crippen LogP contribution in [0.2, 0.25) is 0 Å². The Labute approximate surface area is 94.5 Å². The highest BCUT2D eigenvalue weighted by molar-refractivity contribution is 4.88. The van der Waals surface area contributed by atoms with E-state index in [4.69, 9.17) is 0 Å². The lowest BCUT2D eigenvalue weighted by Gasteiger charge is -2.29. The van der Waals surface area contributed by atoms with E-state index in [9.17, 15) is 5.11 Å². The summed E-state index contributed by atoms with van der Waals surface area (Å²) < 4.78 is 0. The Morgan fingerprint density at radius 1 is 1.40 bits per heavy atom. The minimum absolute atomic E-state index is 0.0703. The lowest BCUT2D eigenvalue weighted by atomic mass is 9.88. The SMILES string of the molecule is CCCC(NCC(C)(CC)CO)C1CC1. The molecule has 1 aliphatic carbocycles. The fourth-order valence-electron chi connectivity index (χ4n) is 1.98. The predicted octanol–water partition coefficient (Wildman–Crippen LogP) is 2.56. The second kappa shape index (κ2) is 5.86. The average molecular weight is 213 g/mol. The number of hydrogen-bond donors (Lipinski definition) is 2.